The molecule has 0 saturated carbocycles. The fourth-order valence-corrected chi connectivity index (χ4v) is 4.38. The molecule has 1 N–H and O–H groups in total. The molecule has 3 aromatic carbocycles. The largest absolute Gasteiger partial charge is 0.497 e. The van der Waals surface area contributed by atoms with E-state index in [9.17, 15) is 18.0 Å². The number of carbonyl (C=O) groups excluding carboxylic acids is 2. The van der Waals surface area contributed by atoms with Gasteiger partial charge in [0, 0.05) is 13.1 Å². The Hall–Kier alpha value is -4.05. The quantitative estimate of drug-likeness (QED) is 0.449. The minimum Gasteiger partial charge on any atom is -0.497 e. The molecule has 0 saturated heterocycles. The van der Waals surface area contributed by atoms with Crippen LogP contribution in [0.3, 0.4) is 0 Å². The highest BCUT2D eigenvalue weighted by molar-refractivity contribution is 7.92. The van der Waals surface area contributed by atoms with Crippen LogP contribution in [0.15, 0.2) is 71.6 Å². The molecular formula is C25H26N2O7S. The lowest BCUT2D eigenvalue weighted by molar-refractivity contribution is -0.119. The van der Waals surface area contributed by atoms with Crippen molar-refractivity contribution in [3.05, 3.63) is 77.9 Å². The lowest BCUT2D eigenvalue weighted by atomic mass is 10.2. The summed E-state index contributed by atoms with van der Waals surface area (Å²) < 4.78 is 42.7. The number of methoxy groups -OCH3 is 2. The maximum atomic E-state index is 13.1. The number of esters is 1. The van der Waals surface area contributed by atoms with Gasteiger partial charge in [-0.3, -0.25) is 9.10 Å². The maximum absolute atomic E-state index is 13.1. The van der Waals surface area contributed by atoms with E-state index in [0.29, 0.717) is 22.9 Å². The first-order chi connectivity index (χ1) is 16.6. The number of carbonyl (C=O) groups is 2. The number of rotatable bonds is 9. The molecule has 184 valence electrons. The Morgan fingerprint density at radius 2 is 1.66 bits per heavy atom. The lowest BCUT2D eigenvalue weighted by Crippen LogP contribution is -2.27. The van der Waals surface area contributed by atoms with Crippen LogP contribution in [0.2, 0.25) is 0 Å². The average Bonchev–Trinajstić information content (AvgIpc) is 2.87. The monoisotopic (exact) mass is 498 g/mol. The van der Waals surface area contributed by atoms with Crippen molar-refractivity contribution < 1.29 is 32.2 Å². The Bertz CT molecular complexity index is 1320. The zero-order valence-corrected chi connectivity index (χ0v) is 20.6. The average molecular weight is 499 g/mol. The molecule has 0 atom stereocenters. The summed E-state index contributed by atoms with van der Waals surface area (Å²) in [5.74, 6) is -0.504. The summed E-state index contributed by atoms with van der Waals surface area (Å²) in [5.41, 5.74) is 1.85. The van der Waals surface area contributed by atoms with Gasteiger partial charge in [-0.15, -0.1) is 0 Å². The molecular weight excluding hydrogens is 472 g/mol. The topological polar surface area (TPSA) is 111 Å². The molecule has 10 heteroatoms. The van der Waals surface area contributed by atoms with Crippen LogP contribution in [-0.4, -0.2) is 48.2 Å². The SMILES string of the molecule is COc1ccc(NC(=O)COC(=O)c2cccc(S(=O)(=O)N(C)c3ccc(C)cc3)c2)c(OC)c1. The molecule has 0 unspecified atom stereocenters. The molecule has 3 aromatic rings. The molecule has 0 heterocycles. The van der Waals surface area contributed by atoms with Crippen molar-refractivity contribution in [2.45, 2.75) is 11.8 Å². The summed E-state index contributed by atoms with van der Waals surface area (Å²) in [6.07, 6.45) is 0. The van der Waals surface area contributed by atoms with Crippen LogP contribution < -0.4 is 19.1 Å². The minimum absolute atomic E-state index is 0.00166. The number of benzene rings is 3. The number of hydrogen-bond donors (Lipinski definition) is 1. The van der Waals surface area contributed by atoms with Gasteiger partial charge in [-0.05, 0) is 49.4 Å². The second-order valence-corrected chi connectivity index (χ2v) is 9.50. The molecule has 0 radical (unpaired) electrons. The van der Waals surface area contributed by atoms with Crippen LogP contribution in [0.25, 0.3) is 0 Å². The predicted octanol–water partition coefficient (Wildman–Crippen LogP) is 3.63. The number of nitrogens with one attached hydrogen (secondary N) is 1. The first kappa shape index (κ1) is 25.6. The maximum Gasteiger partial charge on any atom is 0.338 e. The third kappa shape index (κ3) is 6.10. The highest BCUT2D eigenvalue weighted by Crippen LogP contribution is 2.29. The molecule has 0 aromatic heterocycles. The summed E-state index contributed by atoms with van der Waals surface area (Å²) in [7, 11) is 0.462. The molecule has 0 spiro atoms. The standard InChI is InChI=1S/C25H26N2O7S/c1-17-8-10-19(11-9-17)27(2)35(30,31)21-7-5-6-18(14-21)25(29)34-16-24(28)26-22-13-12-20(32-3)15-23(22)33-4/h5-15H,16H2,1-4H3,(H,26,28). The first-order valence-electron chi connectivity index (χ1n) is 10.5. The summed E-state index contributed by atoms with van der Waals surface area (Å²) in [4.78, 5) is 24.7. The number of ether oxygens (including phenoxy) is 3. The summed E-state index contributed by atoms with van der Waals surface area (Å²) in [5, 5.41) is 2.59. The molecule has 0 bridgehead atoms. The minimum atomic E-state index is -3.92. The van der Waals surface area contributed by atoms with Gasteiger partial charge in [0.1, 0.15) is 11.5 Å². The van der Waals surface area contributed by atoms with Gasteiger partial charge in [-0.1, -0.05) is 23.8 Å². The van der Waals surface area contributed by atoms with Crippen LogP contribution in [0.4, 0.5) is 11.4 Å². The van der Waals surface area contributed by atoms with Crippen molar-refractivity contribution in [3.63, 3.8) is 0 Å². The Balaban J connectivity index is 1.68. The van der Waals surface area contributed by atoms with Gasteiger partial charge < -0.3 is 19.5 Å². The summed E-state index contributed by atoms with van der Waals surface area (Å²) >= 11 is 0. The molecule has 9 nitrogen and oxygen atoms in total. The molecule has 1 amide bonds. The van der Waals surface area contributed by atoms with Gasteiger partial charge in [0.2, 0.25) is 0 Å². The van der Waals surface area contributed by atoms with Crippen molar-refractivity contribution in [2.24, 2.45) is 0 Å². The van der Waals surface area contributed by atoms with Gasteiger partial charge in [0.15, 0.2) is 6.61 Å². The van der Waals surface area contributed by atoms with E-state index < -0.39 is 28.5 Å². The van der Waals surface area contributed by atoms with Crippen molar-refractivity contribution in [1.82, 2.24) is 0 Å². The number of nitrogens with zero attached hydrogens (tertiary/aromatic N) is 1. The van der Waals surface area contributed by atoms with E-state index in [1.807, 2.05) is 19.1 Å². The molecule has 0 fully saturated rings. The smallest absolute Gasteiger partial charge is 0.338 e. The van der Waals surface area contributed by atoms with Crippen molar-refractivity contribution in [3.8, 4) is 11.5 Å². The van der Waals surface area contributed by atoms with E-state index in [-0.39, 0.29) is 10.5 Å². The van der Waals surface area contributed by atoms with Crippen molar-refractivity contribution in [1.29, 1.82) is 0 Å². The van der Waals surface area contributed by atoms with Gasteiger partial charge >= 0.3 is 5.97 Å². The Kier molecular flexibility index (Phi) is 7.98. The van der Waals surface area contributed by atoms with E-state index in [1.165, 1.54) is 45.5 Å². The Morgan fingerprint density at radius 3 is 2.31 bits per heavy atom. The zero-order valence-electron chi connectivity index (χ0n) is 19.8. The predicted molar refractivity (Wildman–Crippen MR) is 132 cm³/mol. The molecule has 0 aliphatic heterocycles. The number of sulfonamides is 1. The second-order valence-electron chi connectivity index (χ2n) is 7.53. The highest BCUT2D eigenvalue weighted by atomic mass is 32.2. The van der Waals surface area contributed by atoms with Crippen molar-refractivity contribution in [2.75, 3.05) is 37.5 Å². The zero-order chi connectivity index (χ0) is 25.6. The molecule has 3 rings (SSSR count). The van der Waals surface area contributed by atoms with Gasteiger partial charge in [-0.2, -0.15) is 0 Å². The number of amides is 1. The highest BCUT2D eigenvalue weighted by Gasteiger charge is 2.23. The number of aryl methyl sites for hydroxylation is 1. The molecule has 0 aliphatic rings. The second kappa shape index (κ2) is 10.9. The first-order valence-corrected chi connectivity index (χ1v) is 11.9. The number of anilines is 2. The Morgan fingerprint density at radius 1 is 0.943 bits per heavy atom. The third-order valence-corrected chi connectivity index (χ3v) is 6.92. The van der Waals surface area contributed by atoms with E-state index >= 15 is 0 Å². The fourth-order valence-electron chi connectivity index (χ4n) is 3.14. The van der Waals surface area contributed by atoms with Crippen LogP contribution in [0, 0.1) is 6.92 Å². The lowest BCUT2D eigenvalue weighted by Gasteiger charge is -2.20. The summed E-state index contributed by atoms with van der Waals surface area (Å²) in [6.45, 7) is 1.33. The van der Waals surface area contributed by atoms with Gasteiger partial charge in [0.25, 0.3) is 15.9 Å². The van der Waals surface area contributed by atoms with E-state index in [1.54, 1.807) is 30.3 Å². The summed E-state index contributed by atoms with van der Waals surface area (Å²) in [6, 6.07) is 17.3. The van der Waals surface area contributed by atoms with Gasteiger partial charge in [0.05, 0.1) is 36.1 Å². The van der Waals surface area contributed by atoms with Crippen LogP contribution in [-0.2, 0) is 19.6 Å². The van der Waals surface area contributed by atoms with Crippen LogP contribution >= 0.6 is 0 Å². The Labute approximate surface area is 204 Å². The molecule has 35 heavy (non-hydrogen) atoms. The van der Waals surface area contributed by atoms with Crippen LogP contribution in [0.1, 0.15) is 15.9 Å². The third-order valence-electron chi connectivity index (χ3n) is 5.14. The molecule has 0 aliphatic carbocycles. The van der Waals surface area contributed by atoms with E-state index in [4.69, 9.17) is 14.2 Å². The number of hydrogen-bond acceptors (Lipinski definition) is 7. The van der Waals surface area contributed by atoms with E-state index in [2.05, 4.69) is 5.32 Å². The van der Waals surface area contributed by atoms with Crippen LogP contribution in [0.5, 0.6) is 11.5 Å². The fraction of sp³-hybridized carbons (Fsp3) is 0.200. The van der Waals surface area contributed by atoms with Gasteiger partial charge in [-0.25, -0.2) is 13.2 Å². The van der Waals surface area contributed by atoms with Crippen molar-refractivity contribution >= 4 is 33.3 Å². The van der Waals surface area contributed by atoms with E-state index in [0.717, 1.165) is 9.87 Å². The normalized spacial score (nSPS) is 10.9.